The van der Waals surface area contributed by atoms with Crippen molar-refractivity contribution in [2.75, 3.05) is 0 Å². The summed E-state index contributed by atoms with van der Waals surface area (Å²) in [6.45, 7) is 2.07. The number of hydrogen-bond acceptors (Lipinski definition) is 2. The van der Waals surface area contributed by atoms with Crippen LogP contribution in [0.5, 0.6) is 0 Å². The van der Waals surface area contributed by atoms with Gasteiger partial charge < -0.3 is 5.11 Å². The van der Waals surface area contributed by atoms with Gasteiger partial charge >= 0.3 is 0 Å². The van der Waals surface area contributed by atoms with Crippen molar-refractivity contribution in [2.24, 2.45) is 0 Å². The first-order chi connectivity index (χ1) is 7.75. The summed E-state index contributed by atoms with van der Waals surface area (Å²) in [4.78, 5) is 1.26. The van der Waals surface area contributed by atoms with Crippen LogP contribution in [-0.4, -0.2) is 5.11 Å². The zero-order chi connectivity index (χ0) is 11.4. The molecule has 0 fully saturated rings. The molecule has 0 spiro atoms. The van der Waals surface area contributed by atoms with Gasteiger partial charge in [0.15, 0.2) is 0 Å². The van der Waals surface area contributed by atoms with Gasteiger partial charge in [-0.05, 0) is 42.3 Å². The Labute approximate surface area is 100 Å². The van der Waals surface area contributed by atoms with E-state index in [0.717, 1.165) is 18.4 Å². The van der Waals surface area contributed by atoms with Gasteiger partial charge in [-0.25, -0.2) is 0 Å². The van der Waals surface area contributed by atoms with E-state index in [-0.39, 0.29) is 6.10 Å². The lowest BCUT2D eigenvalue weighted by atomic mass is 10.0. The quantitative estimate of drug-likeness (QED) is 0.851. The minimum atomic E-state index is -0.329. The highest BCUT2D eigenvalue weighted by atomic mass is 32.1. The monoisotopic (exact) mass is 232 g/mol. The zero-order valence-electron chi connectivity index (χ0n) is 9.39. The molecule has 0 radical (unpaired) electrons. The summed E-state index contributed by atoms with van der Waals surface area (Å²) < 4.78 is 0. The second-order valence-corrected chi connectivity index (χ2v) is 5.15. The molecule has 0 aliphatic rings. The van der Waals surface area contributed by atoms with Crippen molar-refractivity contribution in [3.63, 3.8) is 0 Å². The van der Waals surface area contributed by atoms with Crippen LogP contribution >= 0.6 is 11.3 Å². The molecule has 0 saturated heterocycles. The molecule has 0 bridgehead atoms. The van der Waals surface area contributed by atoms with Crippen LogP contribution in [0, 0.1) is 6.92 Å². The first-order valence-corrected chi connectivity index (χ1v) is 6.40. The second kappa shape index (κ2) is 5.28. The van der Waals surface area contributed by atoms with Crippen molar-refractivity contribution in [2.45, 2.75) is 25.9 Å². The summed E-state index contributed by atoms with van der Waals surface area (Å²) in [7, 11) is 0. The third kappa shape index (κ3) is 2.94. The van der Waals surface area contributed by atoms with Gasteiger partial charge in [-0.1, -0.05) is 30.3 Å². The average molecular weight is 232 g/mol. The fourth-order valence-electron chi connectivity index (χ4n) is 1.75. The molecule has 2 rings (SSSR count). The molecule has 16 heavy (non-hydrogen) atoms. The molecule has 1 N–H and O–H groups in total. The van der Waals surface area contributed by atoms with Gasteiger partial charge in [0.2, 0.25) is 0 Å². The highest BCUT2D eigenvalue weighted by Gasteiger charge is 2.08. The Bertz CT molecular complexity index is 433. The third-order valence-electron chi connectivity index (χ3n) is 2.68. The van der Waals surface area contributed by atoms with Crippen molar-refractivity contribution in [3.8, 4) is 0 Å². The first-order valence-electron chi connectivity index (χ1n) is 5.53. The molecule has 2 heteroatoms. The second-order valence-electron chi connectivity index (χ2n) is 4.03. The van der Waals surface area contributed by atoms with E-state index in [9.17, 15) is 5.11 Å². The molecule has 2 aromatic rings. The topological polar surface area (TPSA) is 20.2 Å². The molecule has 1 atom stereocenters. The van der Waals surface area contributed by atoms with Crippen LogP contribution in [0.2, 0.25) is 0 Å². The number of hydrogen-bond donors (Lipinski definition) is 1. The van der Waals surface area contributed by atoms with E-state index < -0.39 is 0 Å². The number of thiophene rings is 1. The number of rotatable bonds is 4. The maximum atomic E-state index is 10.0. The van der Waals surface area contributed by atoms with Crippen LogP contribution in [0.4, 0.5) is 0 Å². The Morgan fingerprint density at radius 3 is 2.62 bits per heavy atom. The molecular formula is C14H16OS. The van der Waals surface area contributed by atoms with E-state index >= 15 is 0 Å². The van der Waals surface area contributed by atoms with Gasteiger partial charge in [0.25, 0.3) is 0 Å². The van der Waals surface area contributed by atoms with E-state index in [0.29, 0.717) is 0 Å². The number of benzene rings is 1. The minimum absolute atomic E-state index is 0.329. The van der Waals surface area contributed by atoms with Gasteiger partial charge in [0.05, 0.1) is 6.10 Å². The summed E-state index contributed by atoms with van der Waals surface area (Å²) in [6.07, 6.45) is 1.39. The van der Waals surface area contributed by atoms with Gasteiger partial charge in [-0.2, -0.15) is 0 Å². The fourth-order valence-corrected chi connectivity index (χ4v) is 2.50. The van der Waals surface area contributed by atoms with Crippen LogP contribution in [0.15, 0.2) is 41.8 Å². The number of aliphatic hydroxyl groups is 1. The van der Waals surface area contributed by atoms with Crippen molar-refractivity contribution < 1.29 is 5.11 Å². The fraction of sp³-hybridized carbons (Fsp3) is 0.286. The van der Waals surface area contributed by atoms with Crippen LogP contribution in [0.25, 0.3) is 0 Å². The smallest absolute Gasteiger partial charge is 0.0801 e. The summed E-state index contributed by atoms with van der Waals surface area (Å²) >= 11 is 1.69. The Morgan fingerprint density at radius 2 is 2.00 bits per heavy atom. The molecular weight excluding hydrogens is 216 g/mol. The minimum Gasteiger partial charge on any atom is -0.388 e. The number of aliphatic hydroxyl groups excluding tert-OH is 1. The van der Waals surface area contributed by atoms with Crippen LogP contribution < -0.4 is 0 Å². The molecule has 1 aromatic carbocycles. The third-order valence-corrected chi connectivity index (χ3v) is 3.56. The maximum absolute atomic E-state index is 10.0. The van der Waals surface area contributed by atoms with Crippen molar-refractivity contribution in [1.29, 1.82) is 0 Å². The summed E-state index contributed by atoms with van der Waals surface area (Å²) in [6, 6.07) is 12.4. The lowest BCUT2D eigenvalue weighted by molar-refractivity contribution is 0.168. The molecule has 1 heterocycles. The standard InChI is InChI=1S/C14H16OS/c1-11-9-13(10-16-11)14(15)8-7-12-5-3-2-4-6-12/h2-6,9-10,14-15H,7-8H2,1H3. The highest BCUT2D eigenvalue weighted by Crippen LogP contribution is 2.23. The van der Waals surface area contributed by atoms with Crippen molar-refractivity contribution >= 4 is 11.3 Å². The number of aryl methyl sites for hydroxylation is 2. The van der Waals surface area contributed by atoms with E-state index in [2.05, 4.69) is 25.1 Å². The van der Waals surface area contributed by atoms with E-state index in [1.54, 1.807) is 11.3 Å². The van der Waals surface area contributed by atoms with Gasteiger partial charge in [-0.3, -0.25) is 0 Å². The SMILES string of the molecule is Cc1cc(C(O)CCc2ccccc2)cs1. The van der Waals surface area contributed by atoms with Crippen LogP contribution in [0.3, 0.4) is 0 Å². The van der Waals surface area contributed by atoms with E-state index in [1.807, 2.05) is 23.6 Å². The van der Waals surface area contributed by atoms with Gasteiger partial charge in [-0.15, -0.1) is 11.3 Å². The molecule has 84 valence electrons. The summed E-state index contributed by atoms with van der Waals surface area (Å²) in [5.74, 6) is 0. The summed E-state index contributed by atoms with van der Waals surface area (Å²) in [5.41, 5.74) is 2.34. The Kier molecular flexibility index (Phi) is 3.75. The van der Waals surface area contributed by atoms with E-state index in [1.165, 1.54) is 10.4 Å². The average Bonchev–Trinajstić information content (AvgIpc) is 2.74. The van der Waals surface area contributed by atoms with Crippen LogP contribution in [0.1, 0.15) is 28.5 Å². The highest BCUT2D eigenvalue weighted by molar-refractivity contribution is 7.10. The molecule has 0 aliphatic carbocycles. The Morgan fingerprint density at radius 1 is 1.25 bits per heavy atom. The van der Waals surface area contributed by atoms with Crippen LogP contribution in [-0.2, 0) is 6.42 Å². The molecule has 0 aliphatic heterocycles. The molecule has 1 aromatic heterocycles. The molecule has 1 nitrogen and oxygen atoms in total. The van der Waals surface area contributed by atoms with Gasteiger partial charge in [0.1, 0.15) is 0 Å². The Balaban J connectivity index is 1.91. The normalized spacial score (nSPS) is 12.6. The molecule has 0 saturated carbocycles. The lowest BCUT2D eigenvalue weighted by Gasteiger charge is -2.08. The maximum Gasteiger partial charge on any atom is 0.0801 e. The zero-order valence-corrected chi connectivity index (χ0v) is 10.2. The molecule has 0 amide bonds. The van der Waals surface area contributed by atoms with Crippen molar-refractivity contribution in [1.82, 2.24) is 0 Å². The van der Waals surface area contributed by atoms with Crippen molar-refractivity contribution in [3.05, 3.63) is 57.8 Å². The predicted molar refractivity (Wildman–Crippen MR) is 68.8 cm³/mol. The lowest BCUT2D eigenvalue weighted by Crippen LogP contribution is -1.97. The first kappa shape index (κ1) is 11.4. The largest absolute Gasteiger partial charge is 0.388 e. The molecule has 1 unspecified atom stereocenters. The summed E-state index contributed by atoms with van der Waals surface area (Å²) in [5, 5.41) is 12.0. The predicted octanol–water partition coefficient (Wildman–Crippen LogP) is 3.72. The van der Waals surface area contributed by atoms with Gasteiger partial charge in [0, 0.05) is 4.88 Å². The van der Waals surface area contributed by atoms with E-state index in [4.69, 9.17) is 0 Å². The Hall–Kier alpha value is -1.12.